The molecule has 0 saturated heterocycles. The Bertz CT molecular complexity index is 5890. The van der Waals surface area contributed by atoms with Crippen LogP contribution < -0.4 is 0 Å². The number of benzene rings is 13. The van der Waals surface area contributed by atoms with Crippen LogP contribution >= 0.6 is 0 Å². The Balaban J connectivity index is 0.681. The smallest absolute Gasteiger partial charge is 0.168 e. The lowest BCUT2D eigenvalue weighted by Gasteiger charge is -2.22. The van der Waals surface area contributed by atoms with Crippen molar-refractivity contribution in [3.63, 3.8) is 0 Å². The van der Waals surface area contributed by atoms with Gasteiger partial charge in [-0.2, -0.15) is 0 Å². The summed E-state index contributed by atoms with van der Waals surface area (Å²) >= 11 is 0. The SMILES string of the molecule is CC1(C)c2ccccc2-c2ccc(-n3c4ccccc4c4cc(-c5ccc6c(c5)c5ccccc5n6-c5nnc(-n6c7ccccc7c7cc(-c8ccc9c(c8)c8ccccc8n9-c8ccc9c(c8)C(C)(C)c8ccccc8-9)ccc76)c6ccccc56)ccc43)cc21. The average molecular weight is 1180 g/mol. The molecular formula is C86H58N6. The van der Waals surface area contributed by atoms with Gasteiger partial charge in [-0.1, -0.05) is 210 Å². The monoisotopic (exact) mass is 1170 g/mol. The van der Waals surface area contributed by atoms with E-state index in [4.69, 9.17) is 10.2 Å². The van der Waals surface area contributed by atoms with Gasteiger partial charge in [0.15, 0.2) is 11.6 Å². The van der Waals surface area contributed by atoms with E-state index in [1.54, 1.807) is 0 Å². The highest BCUT2D eigenvalue weighted by Crippen LogP contribution is 2.52. The Morgan fingerprint density at radius 3 is 0.848 bits per heavy atom. The van der Waals surface area contributed by atoms with Crippen LogP contribution in [0.5, 0.6) is 0 Å². The summed E-state index contributed by atoms with van der Waals surface area (Å²) in [5.41, 5.74) is 26.8. The molecular weight excluding hydrogens is 1120 g/mol. The van der Waals surface area contributed by atoms with Gasteiger partial charge in [0.2, 0.25) is 0 Å². The lowest BCUT2D eigenvalue weighted by Crippen LogP contribution is -2.15. The van der Waals surface area contributed by atoms with E-state index in [0.717, 1.165) is 77.1 Å². The Labute approximate surface area is 530 Å². The van der Waals surface area contributed by atoms with Crippen LogP contribution in [0, 0.1) is 0 Å². The molecule has 0 atom stereocenters. The molecule has 0 aliphatic heterocycles. The molecule has 0 bridgehead atoms. The zero-order chi connectivity index (χ0) is 60.9. The minimum atomic E-state index is -0.0960. The molecule has 5 heterocycles. The summed E-state index contributed by atoms with van der Waals surface area (Å²) in [5, 5.41) is 22.2. The van der Waals surface area contributed by atoms with Gasteiger partial charge < -0.3 is 9.13 Å². The van der Waals surface area contributed by atoms with E-state index < -0.39 is 0 Å². The lowest BCUT2D eigenvalue weighted by atomic mass is 9.82. The van der Waals surface area contributed by atoms with E-state index in [2.05, 4.69) is 325 Å². The van der Waals surface area contributed by atoms with Crippen LogP contribution in [-0.4, -0.2) is 28.5 Å². The third-order valence-corrected chi connectivity index (χ3v) is 21.1. The van der Waals surface area contributed by atoms with Gasteiger partial charge in [0.05, 0.1) is 44.1 Å². The van der Waals surface area contributed by atoms with Crippen LogP contribution in [0.2, 0.25) is 0 Å². The number of nitrogens with zero attached hydrogens (tertiary/aromatic N) is 6. The van der Waals surface area contributed by atoms with Crippen molar-refractivity contribution in [1.82, 2.24) is 28.5 Å². The molecule has 0 fully saturated rings. The molecule has 0 amide bonds. The van der Waals surface area contributed by atoms with E-state index >= 15 is 0 Å². The van der Waals surface area contributed by atoms with E-state index in [9.17, 15) is 0 Å². The van der Waals surface area contributed by atoms with Crippen molar-refractivity contribution in [1.29, 1.82) is 0 Å². The highest BCUT2D eigenvalue weighted by molar-refractivity contribution is 6.16. The van der Waals surface area contributed by atoms with Gasteiger partial charge in [0, 0.05) is 76.1 Å². The minimum absolute atomic E-state index is 0.0960. The first-order valence-corrected chi connectivity index (χ1v) is 32.1. The summed E-state index contributed by atoms with van der Waals surface area (Å²) in [6.45, 7) is 9.44. The molecule has 6 heteroatoms. The second kappa shape index (κ2) is 18.5. The highest BCUT2D eigenvalue weighted by atomic mass is 15.3. The van der Waals surface area contributed by atoms with Crippen molar-refractivity contribution in [3.8, 4) is 67.5 Å². The molecule has 5 aromatic heterocycles. The maximum atomic E-state index is 5.29. The van der Waals surface area contributed by atoms with Gasteiger partial charge in [0.1, 0.15) is 0 Å². The van der Waals surface area contributed by atoms with Gasteiger partial charge in [-0.3, -0.25) is 9.13 Å². The summed E-state index contributed by atoms with van der Waals surface area (Å²) < 4.78 is 9.55. The van der Waals surface area contributed by atoms with Crippen molar-refractivity contribution in [2.24, 2.45) is 0 Å². The molecule has 432 valence electrons. The topological polar surface area (TPSA) is 45.5 Å². The summed E-state index contributed by atoms with van der Waals surface area (Å²) in [4.78, 5) is 0. The lowest BCUT2D eigenvalue weighted by molar-refractivity contribution is 0.660. The zero-order valence-electron chi connectivity index (χ0n) is 51.2. The zero-order valence-corrected chi connectivity index (χ0v) is 51.2. The van der Waals surface area contributed by atoms with Gasteiger partial charge >= 0.3 is 0 Å². The molecule has 0 saturated carbocycles. The molecule has 0 radical (unpaired) electrons. The fourth-order valence-corrected chi connectivity index (χ4v) is 16.7. The quantitative estimate of drug-likeness (QED) is 0.167. The minimum Gasteiger partial charge on any atom is -0.309 e. The molecule has 13 aromatic carbocycles. The van der Waals surface area contributed by atoms with Crippen molar-refractivity contribution >= 4 is 98.0 Å². The summed E-state index contributed by atoms with van der Waals surface area (Å²) in [6.07, 6.45) is 0. The fourth-order valence-electron chi connectivity index (χ4n) is 16.7. The highest BCUT2D eigenvalue weighted by Gasteiger charge is 2.37. The van der Waals surface area contributed by atoms with Crippen LogP contribution in [0.25, 0.3) is 166 Å². The van der Waals surface area contributed by atoms with Crippen LogP contribution in [0.15, 0.2) is 279 Å². The maximum absolute atomic E-state index is 5.29. The molecule has 20 rings (SSSR count). The van der Waals surface area contributed by atoms with Crippen molar-refractivity contribution in [2.75, 3.05) is 0 Å². The first-order valence-electron chi connectivity index (χ1n) is 32.1. The van der Waals surface area contributed by atoms with Crippen molar-refractivity contribution in [3.05, 3.63) is 301 Å². The van der Waals surface area contributed by atoms with Gasteiger partial charge in [-0.05, 0) is 164 Å². The Morgan fingerprint density at radius 1 is 0.217 bits per heavy atom. The van der Waals surface area contributed by atoms with Crippen molar-refractivity contribution < 1.29 is 0 Å². The molecule has 2 aliphatic rings. The Hall–Kier alpha value is -11.6. The summed E-state index contributed by atoms with van der Waals surface area (Å²) in [7, 11) is 0. The van der Waals surface area contributed by atoms with Crippen LogP contribution in [0.3, 0.4) is 0 Å². The van der Waals surface area contributed by atoms with Gasteiger partial charge in [-0.25, -0.2) is 0 Å². The largest absolute Gasteiger partial charge is 0.309 e. The third kappa shape index (κ3) is 6.93. The molecule has 0 spiro atoms. The molecule has 2 aliphatic carbocycles. The Kier molecular flexibility index (Phi) is 10.3. The number of rotatable bonds is 6. The Morgan fingerprint density at radius 2 is 0.489 bits per heavy atom. The first-order chi connectivity index (χ1) is 45.2. The van der Waals surface area contributed by atoms with E-state index in [1.807, 2.05) is 0 Å². The van der Waals surface area contributed by atoms with E-state index in [0.29, 0.717) is 0 Å². The molecule has 0 N–H and O–H groups in total. The number of aromatic nitrogens is 6. The fraction of sp³-hybridized carbons (Fsp3) is 0.0698. The normalized spacial score (nSPS) is 13.8. The van der Waals surface area contributed by atoms with Crippen LogP contribution in [-0.2, 0) is 10.8 Å². The average Bonchev–Trinajstić information content (AvgIpc) is 1.55. The molecule has 92 heavy (non-hydrogen) atoms. The molecule has 0 unspecified atom stereocenters. The van der Waals surface area contributed by atoms with Gasteiger partial charge in [0.25, 0.3) is 0 Å². The number of hydrogen-bond acceptors (Lipinski definition) is 2. The second-order valence-electron chi connectivity index (χ2n) is 26.5. The third-order valence-electron chi connectivity index (χ3n) is 21.1. The summed E-state index contributed by atoms with van der Waals surface area (Å²) in [5.74, 6) is 1.59. The molecule has 6 nitrogen and oxygen atoms in total. The van der Waals surface area contributed by atoms with E-state index in [1.165, 1.54) is 111 Å². The predicted molar refractivity (Wildman–Crippen MR) is 383 cm³/mol. The van der Waals surface area contributed by atoms with Crippen molar-refractivity contribution in [2.45, 2.75) is 38.5 Å². The van der Waals surface area contributed by atoms with E-state index in [-0.39, 0.29) is 10.8 Å². The van der Waals surface area contributed by atoms with Crippen LogP contribution in [0.4, 0.5) is 0 Å². The number of hydrogen-bond donors (Lipinski definition) is 0. The maximum Gasteiger partial charge on any atom is 0.168 e. The molecule has 18 aromatic rings. The van der Waals surface area contributed by atoms with Gasteiger partial charge in [-0.15, -0.1) is 10.2 Å². The number of para-hydroxylation sites is 4. The van der Waals surface area contributed by atoms with Crippen LogP contribution in [0.1, 0.15) is 49.9 Å². The number of fused-ring (bicyclic) bond motifs is 19. The first kappa shape index (κ1) is 51.3. The standard InChI is InChI=1S/C86H58N6/c1-85(2)71-27-13-7-19-57(71)59-39-37-55(49-73(59)85)89-75-29-15-9-21-61(75)67-45-51(33-41-79(67)89)53-35-43-81-69(47-53)63-23-11-17-31-77(63)91(81)83-65-25-5-6-26-66(65)84(88-87-83)92-78-32-18-12-24-64(78)70-48-54(36-44-82(70)92)52-34-42-80-68(46-52)62-22-10-16-30-76(62)90(80)56-38-40-60-58-20-8-14-28-72(58)86(3,4)74(60)50-56/h5-50H,1-4H3. The predicted octanol–water partition coefficient (Wildman–Crippen LogP) is 22.0. The second-order valence-corrected chi connectivity index (χ2v) is 26.5. The summed E-state index contributed by atoms with van der Waals surface area (Å²) in [6, 6.07) is 104.